The van der Waals surface area contributed by atoms with Crippen LogP contribution < -0.4 is 10.4 Å². The van der Waals surface area contributed by atoms with Gasteiger partial charge in [0.15, 0.2) is 0 Å². The van der Waals surface area contributed by atoms with E-state index in [1.165, 1.54) is 5.56 Å². The molecule has 0 saturated carbocycles. The molecule has 1 N–H and O–H groups in total. The van der Waals surface area contributed by atoms with Crippen molar-refractivity contribution in [3.63, 3.8) is 0 Å². The third-order valence-corrected chi connectivity index (χ3v) is 2.77. The van der Waals surface area contributed by atoms with Crippen molar-refractivity contribution in [2.45, 2.75) is 20.3 Å². The zero-order valence-electron chi connectivity index (χ0n) is 10.4. The number of hydrazine groups is 1. The summed E-state index contributed by atoms with van der Waals surface area (Å²) in [7, 11) is 0. The highest BCUT2D eigenvalue weighted by Gasteiger charge is 2.22. The number of anilines is 1. The molecular formula is C14H18N2O. The molecule has 0 radical (unpaired) electrons. The van der Waals surface area contributed by atoms with Crippen molar-refractivity contribution in [1.29, 1.82) is 0 Å². The minimum absolute atomic E-state index is 0.0840. The van der Waals surface area contributed by atoms with Crippen molar-refractivity contribution in [1.82, 2.24) is 5.43 Å². The molecule has 1 aromatic carbocycles. The van der Waals surface area contributed by atoms with Gasteiger partial charge in [-0.15, -0.1) is 0 Å². The van der Waals surface area contributed by atoms with Gasteiger partial charge in [-0.25, -0.2) is 0 Å². The third-order valence-electron chi connectivity index (χ3n) is 2.77. The number of hydrogen-bond donors (Lipinski definition) is 1. The first-order valence-corrected chi connectivity index (χ1v) is 5.91. The van der Waals surface area contributed by atoms with Gasteiger partial charge >= 0.3 is 0 Å². The highest BCUT2D eigenvalue weighted by atomic mass is 16.2. The first kappa shape index (κ1) is 11.7. The van der Waals surface area contributed by atoms with Crippen LogP contribution in [0.2, 0.25) is 0 Å². The highest BCUT2D eigenvalue weighted by molar-refractivity contribution is 5.97. The van der Waals surface area contributed by atoms with Crippen LogP contribution in [0.1, 0.15) is 19.4 Å². The predicted octanol–water partition coefficient (Wildman–Crippen LogP) is 2.29. The molecule has 90 valence electrons. The number of carbonyl (C=O) groups excluding carboxylic acids is 1. The Morgan fingerprint density at radius 2 is 2.24 bits per heavy atom. The first-order valence-electron chi connectivity index (χ1n) is 5.91. The van der Waals surface area contributed by atoms with E-state index >= 15 is 0 Å². The van der Waals surface area contributed by atoms with E-state index in [0.29, 0.717) is 18.0 Å². The van der Waals surface area contributed by atoms with E-state index in [2.05, 4.69) is 38.0 Å². The van der Waals surface area contributed by atoms with Gasteiger partial charge in [-0.1, -0.05) is 32.6 Å². The summed E-state index contributed by atoms with van der Waals surface area (Å²) in [5.74, 6) is 0.549. The fraction of sp³-hybridized carbons (Fsp3) is 0.357. The summed E-state index contributed by atoms with van der Waals surface area (Å²) in [6.07, 6.45) is 1.05. The molecule has 3 nitrogen and oxygen atoms in total. The summed E-state index contributed by atoms with van der Waals surface area (Å²) in [6, 6.07) is 8.28. The number of hydrogen-bond acceptors (Lipinski definition) is 2. The van der Waals surface area contributed by atoms with Crippen LogP contribution in [0, 0.1) is 5.92 Å². The molecule has 0 aliphatic carbocycles. The van der Waals surface area contributed by atoms with Crippen molar-refractivity contribution in [2.75, 3.05) is 11.6 Å². The Morgan fingerprint density at radius 1 is 1.47 bits per heavy atom. The predicted molar refractivity (Wildman–Crippen MR) is 69.6 cm³/mol. The molecule has 0 bridgehead atoms. The Balaban J connectivity index is 2.16. The summed E-state index contributed by atoms with van der Waals surface area (Å²) >= 11 is 0. The lowest BCUT2D eigenvalue weighted by Gasteiger charge is -2.18. The Morgan fingerprint density at radius 3 is 2.82 bits per heavy atom. The second-order valence-electron chi connectivity index (χ2n) is 4.90. The van der Waals surface area contributed by atoms with E-state index in [-0.39, 0.29) is 5.91 Å². The lowest BCUT2D eigenvalue weighted by molar-refractivity contribution is -0.116. The quantitative estimate of drug-likeness (QED) is 0.808. The van der Waals surface area contributed by atoms with E-state index in [4.69, 9.17) is 0 Å². The lowest BCUT2D eigenvalue weighted by atomic mass is 10.0. The molecule has 1 amide bonds. The topological polar surface area (TPSA) is 32.3 Å². The third kappa shape index (κ3) is 2.67. The van der Waals surface area contributed by atoms with Crippen molar-refractivity contribution < 1.29 is 4.79 Å². The maximum atomic E-state index is 11.4. The molecule has 0 atom stereocenters. The normalized spacial score (nSPS) is 15.6. The standard InChI is InChI=1S/C14H18N2O/c1-10(2)7-12-5-4-6-13(8-12)16-9-11(3)14(17)15-16/h4-6,8,10H,3,7,9H2,1-2H3,(H,15,17). The van der Waals surface area contributed by atoms with Crippen molar-refractivity contribution in [2.24, 2.45) is 5.92 Å². The van der Waals surface area contributed by atoms with Gasteiger partial charge in [-0.2, -0.15) is 0 Å². The number of nitrogens with zero attached hydrogens (tertiary/aromatic N) is 1. The van der Waals surface area contributed by atoms with E-state index < -0.39 is 0 Å². The minimum Gasteiger partial charge on any atom is -0.281 e. The summed E-state index contributed by atoms with van der Waals surface area (Å²) < 4.78 is 0. The van der Waals surface area contributed by atoms with E-state index in [1.54, 1.807) is 0 Å². The van der Waals surface area contributed by atoms with E-state index in [1.807, 2.05) is 17.1 Å². The van der Waals surface area contributed by atoms with Crippen molar-refractivity contribution in [3.8, 4) is 0 Å². The molecule has 1 aliphatic heterocycles. The maximum absolute atomic E-state index is 11.4. The Kier molecular flexibility index (Phi) is 3.18. The van der Waals surface area contributed by atoms with Crippen LogP contribution in [0.15, 0.2) is 36.4 Å². The molecule has 1 saturated heterocycles. The zero-order valence-corrected chi connectivity index (χ0v) is 10.4. The van der Waals surface area contributed by atoms with Gasteiger partial charge < -0.3 is 0 Å². The largest absolute Gasteiger partial charge is 0.281 e. The molecule has 1 aliphatic rings. The van der Waals surface area contributed by atoms with Gasteiger partial charge in [-0.3, -0.25) is 15.2 Å². The van der Waals surface area contributed by atoms with Crippen LogP contribution in [0.25, 0.3) is 0 Å². The van der Waals surface area contributed by atoms with Crippen LogP contribution in [0.4, 0.5) is 5.69 Å². The smallest absolute Gasteiger partial charge is 0.267 e. The number of carbonyl (C=O) groups is 1. The number of rotatable bonds is 3. The molecule has 0 spiro atoms. The Hall–Kier alpha value is -1.77. The SMILES string of the molecule is C=C1CN(c2cccc(CC(C)C)c2)NC1=O. The van der Waals surface area contributed by atoms with Gasteiger partial charge in [0.2, 0.25) is 0 Å². The molecular weight excluding hydrogens is 212 g/mol. The fourth-order valence-electron chi connectivity index (χ4n) is 1.98. The monoisotopic (exact) mass is 230 g/mol. The van der Waals surface area contributed by atoms with Gasteiger partial charge in [0, 0.05) is 5.57 Å². The highest BCUT2D eigenvalue weighted by Crippen LogP contribution is 2.20. The summed E-state index contributed by atoms with van der Waals surface area (Å²) in [5, 5.41) is 1.84. The van der Waals surface area contributed by atoms with Gasteiger partial charge in [0.1, 0.15) is 0 Å². The maximum Gasteiger partial charge on any atom is 0.267 e. The molecule has 1 fully saturated rings. The zero-order chi connectivity index (χ0) is 12.4. The van der Waals surface area contributed by atoms with Crippen molar-refractivity contribution >= 4 is 11.6 Å². The molecule has 1 heterocycles. The Labute approximate surface area is 102 Å². The summed E-state index contributed by atoms with van der Waals surface area (Å²) in [5.41, 5.74) is 5.72. The second-order valence-corrected chi connectivity index (χ2v) is 4.90. The van der Waals surface area contributed by atoms with Gasteiger partial charge in [0.05, 0.1) is 12.2 Å². The van der Waals surface area contributed by atoms with Crippen molar-refractivity contribution in [3.05, 3.63) is 42.0 Å². The second kappa shape index (κ2) is 4.62. The molecule has 3 heteroatoms. The Bertz CT molecular complexity index is 435. The van der Waals surface area contributed by atoms with E-state index in [9.17, 15) is 4.79 Å². The fourth-order valence-corrected chi connectivity index (χ4v) is 1.98. The number of benzene rings is 1. The van der Waals surface area contributed by atoms with Crippen LogP contribution >= 0.6 is 0 Å². The average molecular weight is 230 g/mol. The van der Waals surface area contributed by atoms with E-state index in [0.717, 1.165) is 12.1 Å². The summed E-state index contributed by atoms with van der Waals surface area (Å²) in [4.78, 5) is 11.4. The van der Waals surface area contributed by atoms with Crippen LogP contribution in [0.5, 0.6) is 0 Å². The van der Waals surface area contributed by atoms with Crippen LogP contribution in [-0.2, 0) is 11.2 Å². The molecule has 0 aromatic heterocycles. The first-order chi connectivity index (χ1) is 8.06. The van der Waals surface area contributed by atoms with Gasteiger partial charge in [-0.05, 0) is 30.0 Å². The molecule has 1 aromatic rings. The number of amides is 1. The molecule has 2 rings (SSSR count). The van der Waals surface area contributed by atoms with Crippen LogP contribution in [0.3, 0.4) is 0 Å². The molecule has 0 unspecified atom stereocenters. The molecule has 17 heavy (non-hydrogen) atoms. The lowest BCUT2D eigenvalue weighted by Crippen LogP contribution is -2.32. The minimum atomic E-state index is -0.0840. The average Bonchev–Trinajstić information content (AvgIpc) is 2.59. The number of nitrogens with one attached hydrogen (secondary N) is 1. The summed E-state index contributed by atoms with van der Waals surface area (Å²) in [6.45, 7) is 8.69. The van der Waals surface area contributed by atoms with Gasteiger partial charge in [0.25, 0.3) is 5.91 Å². The van der Waals surface area contributed by atoms with Crippen LogP contribution in [-0.4, -0.2) is 12.5 Å².